The summed E-state index contributed by atoms with van der Waals surface area (Å²) in [6.45, 7) is 1.38. The second-order valence-electron chi connectivity index (χ2n) is 5.43. The minimum absolute atomic E-state index is 0.102. The Kier molecular flexibility index (Phi) is 4.57. The molecule has 116 valence electrons. The van der Waals surface area contributed by atoms with E-state index in [4.69, 9.17) is 22.1 Å². The summed E-state index contributed by atoms with van der Waals surface area (Å²) in [6, 6.07) is 6.51. The van der Waals surface area contributed by atoms with Gasteiger partial charge in [-0.2, -0.15) is 5.26 Å². The summed E-state index contributed by atoms with van der Waals surface area (Å²) >= 11 is 5.79. The molecule has 1 aromatic carbocycles. The molecule has 1 unspecified atom stereocenters. The van der Waals surface area contributed by atoms with E-state index in [1.807, 2.05) is 0 Å². The van der Waals surface area contributed by atoms with Crippen molar-refractivity contribution in [2.75, 3.05) is 6.61 Å². The van der Waals surface area contributed by atoms with Gasteiger partial charge in [-0.15, -0.1) is 0 Å². The van der Waals surface area contributed by atoms with E-state index in [9.17, 15) is 14.9 Å². The SMILES string of the molecule is CC(C#N)(NC(=O)COc1ccc(Cl)cc1C(N)=O)C1CC1. The number of hydrogen-bond acceptors (Lipinski definition) is 4. The van der Waals surface area contributed by atoms with Crippen molar-refractivity contribution in [3.8, 4) is 11.8 Å². The van der Waals surface area contributed by atoms with Crippen molar-refractivity contribution < 1.29 is 14.3 Å². The highest BCUT2D eigenvalue weighted by Gasteiger charge is 2.43. The number of rotatable bonds is 6. The van der Waals surface area contributed by atoms with Crippen LogP contribution in [0, 0.1) is 17.2 Å². The van der Waals surface area contributed by atoms with Gasteiger partial charge < -0.3 is 15.8 Å². The van der Waals surface area contributed by atoms with Gasteiger partial charge in [-0.25, -0.2) is 0 Å². The molecule has 0 saturated heterocycles. The average Bonchev–Trinajstić information content (AvgIpc) is 3.30. The molecule has 0 spiro atoms. The number of ether oxygens (including phenoxy) is 1. The van der Waals surface area contributed by atoms with Crippen LogP contribution >= 0.6 is 11.6 Å². The van der Waals surface area contributed by atoms with Crippen LogP contribution in [0.2, 0.25) is 5.02 Å². The Bertz CT molecular complexity index is 652. The van der Waals surface area contributed by atoms with Gasteiger partial charge in [0.1, 0.15) is 11.3 Å². The number of nitriles is 1. The van der Waals surface area contributed by atoms with Gasteiger partial charge in [0.2, 0.25) is 0 Å². The van der Waals surface area contributed by atoms with Gasteiger partial charge in [0, 0.05) is 5.02 Å². The Labute approximate surface area is 133 Å². The van der Waals surface area contributed by atoms with Crippen LogP contribution in [0.25, 0.3) is 0 Å². The zero-order chi connectivity index (χ0) is 16.3. The topological polar surface area (TPSA) is 105 Å². The van der Waals surface area contributed by atoms with Crippen LogP contribution in [-0.4, -0.2) is 24.0 Å². The van der Waals surface area contributed by atoms with Crippen molar-refractivity contribution in [3.63, 3.8) is 0 Å². The number of hydrogen-bond donors (Lipinski definition) is 2. The summed E-state index contributed by atoms with van der Waals surface area (Å²) < 4.78 is 5.32. The first kappa shape index (κ1) is 16.1. The first-order valence-electron chi connectivity index (χ1n) is 6.80. The number of nitrogens with zero attached hydrogens (tertiary/aromatic N) is 1. The lowest BCUT2D eigenvalue weighted by molar-refractivity contribution is -0.124. The highest BCUT2D eigenvalue weighted by atomic mass is 35.5. The van der Waals surface area contributed by atoms with E-state index in [-0.39, 0.29) is 23.8 Å². The highest BCUT2D eigenvalue weighted by molar-refractivity contribution is 6.31. The third kappa shape index (κ3) is 3.68. The zero-order valence-electron chi connectivity index (χ0n) is 12.1. The number of carbonyl (C=O) groups excluding carboxylic acids is 2. The number of halogens is 1. The minimum atomic E-state index is -0.882. The van der Waals surface area contributed by atoms with E-state index in [0.29, 0.717) is 5.02 Å². The van der Waals surface area contributed by atoms with E-state index in [1.54, 1.807) is 6.92 Å². The first-order chi connectivity index (χ1) is 10.4. The van der Waals surface area contributed by atoms with Crippen LogP contribution in [0.3, 0.4) is 0 Å². The predicted molar refractivity (Wildman–Crippen MR) is 80.3 cm³/mol. The van der Waals surface area contributed by atoms with Gasteiger partial charge in [-0.05, 0) is 43.9 Å². The molecule has 0 aromatic heterocycles. The van der Waals surface area contributed by atoms with Crippen LogP contribution < -0.4 is 15.8 Å². The fourth-order valence-electron chi connectivity index (χ4n) is 2.17. The monoisotopic (exact) mass is 321 g/mol. The van der Waals surface area contributed by atoms with Crippen LogP contribution in [-0.2, 0) is 4.79 Å². The minimum Gasteiger partial charge on any atom is -0.483 e. The normalized spacial score (nSPS) is 16.2. The summed E-state index contributed by atoms with van der Waals surface area (Å²) in [5, 5.41) is 12.2. The third-order valence-corrected chi connectivity index (χ3v) is 3.83. The molecule has 3 N–H and O–H groups in total. The summed E-state index contributed by atoms with van der Waals surface area (Å²) in [5.74, 6) is -0.769. The maximum atomic E-state index is 11.9. The van der Waals surface area contributed by atoms with Crippen LogP contribution in [0.4, 0.5) is 0 Å². The molecular weight excluding hydrogens is 306 g/mol. The Morgan fingerprint density at radius 2 is 2.23 bits per heavy atom. The van der Waals surface area contributed by atoms with Crippen molar-refractivity contribution in [3.05, 3.63) is 28.8 Å². The second-order valence-corrected chi connectivity index (χ2v) is 5.87. The molecule has 0 heterocycles. The molecule has 1 aliphatic carbocycles. The van der Waals surface area contributed by atoms with E-state index < -0.39 is 17.4 Å². The molecule has 1 atom stereocenters. The number of primary amides is 1. The fraction of sp³-hybridized carbons (Fsp3) is 0.400. The highest BCUT2D eigenvalue weighted by Crippen LogP contribution is 2.39. The summed E-state index contributed by atoms with van der Waals surface area (Å²) in [4.78, 5) is 23.3. The van der Waals surface area contributed by atoms with Crippen molar-refractivity contribution in [1.82, 2.24) is 5.32 Å². The van der Waals surface area contributed by atoms with E-state index in [1.165, 1.54) is 18.2 Å². The number of nitrogens with one attached hydrogen (secondary N) is 1. The molecule has 1 fully saturated rings. The molecule has 0 radical (unpaired) electrons. The quantitative estimate of drug-likeness (QED) is 0.830. The van der Waals surface area contributed by atoms with Crippen LogP contribution in [0.1, 0.15) is 30.1 Å². The first-order valence-corrected chi connectivity index (χ1v) is 7.18. The number of nitrogens with two attached hydrogens (primary N) is 1. The Hall–Kier alpha value is -2.26. The predicted octanol–water partition coefficient (Wildman–Crippen LogP) is 1.63. The zero-order valence-corrected chi connectivity index (χ0v) is 12.8. The maximum Gasteiger partial charge on any atom is 0.259 e. The molecule has 0 bridgehead atoms. The van der Waals surface area contributed by atoms with Gasteiger partial charge in [-0.1, -0.05) is 11.6 Å². The van der Waals surface area contributed by atoms with Gasteiger partial charge in [0.05, 0.1) is 11.6 Å². The molecule has 1 aliphatic rings. The molecular formula is C15H16ClN3O3. The summed E-state index contributed by atoms with van der Waals surface area (Å²) in [5.41, 5.74) is 4.46. The number of benzene rings is 1. The number of carbonyl (C=O) groups is 2. The Morgan fingerprint density at radius 3 is 2.77 bits per heavy atom. The molecule has 2 rings (SSSR count). The van der Waals surface area contributed by atoms with Crippen molar-refractivity contribution >= 4 is 23.4 Å². The summed E-state index contributed by atoms with van der Waals surface area (Å²) in [7, 11) is 0. The van der Waals surface area contributed by atoms with E-state index >= 15 is 0 Å². The maximum absolute atomic E-state index is 11.9. The molecule has 1 saturated carbocycles. The van der Waals surface area contributed by atoms with Gasteiger partial charge >= 0.3 is 0 Å². The van der Waals surface area contributed by atoms with Crippen molar-refractivity contribution in [1.29, 1.82) is 5.26 Å². The van der Waals surface area contributed by atoms with Gasteiger partial charge in [-0.3, -0.25) is 9.59 Å². The molecule has 0 aliphatic heterocycles. The summed E-state index contributed by atoms with van der Waals surface area (Å²) in [6.07, 6.45) is 1.85. The molecule has 7 heteroatoms. The Balaban J connectivity index is 2.00. The molecule has 22 heavy (non-hydrogen) atoms. The lowest BCUT2D eigenvalue weighted by atomic mass is 9.98. The van der Waals surface area contributed by atoms with Crippen LogP contribution in [0.15, 0.2) is 18.2 Å². The Morgan fingerprint density at radius 1 is 1.55 bits per heavy atom. The number of amides is 2. The molecule has 6 nitrogen and oxygen atoms in total. The molecule has 2 amide bonds. The lowest BCUT2D eigenvalue weighted by Crippen LogP contribution is -2.48. The third-order valence-electron chi connectivity index (χ3n) is 3.59. The van der Waals surface area contributed by atoms with E-state index in [2.05, 4.69) is 11.4 Å². The van der Waals surface area contributed by atoms with Gasteiger partial charge in [0.25, 0.3) is 11.8 Å². The second kappa shape index (κ2) is 6.24. The van der Waals surface area contributed by atoms with Crippen molar-refractivity contribution in [2.24, 2.45) is 11.7 Å². The fourth-order valence-corrected chi connectivity index (χ4v) is 2.34. The van der Waals surface area contributed by atoms with Crippen molar-refractivity contribution in [2.45, 2.75) is 25.3 Å². The van der Waals surface area contributed by atoms with Gasteiger partial charge in [0.15, 0.2) is 6.61 Å². The largest absolute Gasteiger partial charge is 0.483 e. The smallest absolute Gasteiger partial charge is 0.259 e. The molecule has 1 aromatic rings. The van der Waals surface area contributed by atoms with E-state index in [0.717, 1.165) is 12.8 Å². The van der Waals surface area contributed by atoms with Crippen LogP contribution in [0.5, 0.6) is 5.75 Å². The average molecular weight is 322 g/mol. The lowest BCUT2D eigenvalue weighted by Gasteiger charge is -2.22. The standard InChI is InChI=1S/C15H16ClN3O3/c1-15(8-17,9-2-3-9)19-13(20)7-22-12-5-4-10(16)6-11(12)14(18)21/h4-6,9H,2-3,7H2,1H3,(H2,18,21)(H,19,20).